The Hall–Kier alpha value is -2.12. The number of aliphatic hydroxyl groups excluding tert-OH is 5. The maximum atomic E-state index is 12.9. The Morgan fingerprint density at radius 3 is 1.58 bits per heavy atom. The molecule has 1 rings (SSSR count). The van der Waals surface area contributed by atoms with Crippen molar-refractivity contribution in [2.45, 2.75) is 269 Å². The average molecular weight is 908 g/mol. The number of nitrogens with one attached hydrogen (secondary N) is 1. The molecule has 0 aromatic heterocycles. The van der Waals surface area contributed by atoms with Crippen molar-refractivity contribution in [1.29, 1.82) is 0 Å². The third-order valence-corrected chi connectivity index (χ3v) is 12.2. The minimum Gasteiger partial charge on any atom is -0.466 e. The number of aliphatic hydroxyl groups is 5. The van der Waals surface area contributed by atoms with Crippen molar-refractivity contribution >= 4 is 11.9 Å². The van der Waals surface area contributed by atoms with E-state index in [4.69, 9.17) is 14.2 Å². The predicted octanol–water partition coefficient (Wildman–Crippen LogP) is 10.8. The zero-order chi connectivity index (χ0) is 46.7. The van der Waals surface area contributed by atoms with E-state index in [1.807, 2.05) is 6.08 Å². The third-order valence-electron chi connectivity index (χ3n) is 12.2. The van der Waals surface area contributed by atoms with Crippen LogP contribution in [-0.4, -0.2) is 100 Å². The van der Waals surface area contributed by atoms with Gasteiger partial charge in [0.15, 0.2) is 6.29 Å². The number of unbranched alkanes of at least 4 members (excludes halogenated alkanes) is 26. The highest BCUT2D eigenvalue weighted by atomic mass is 16.7. The number of carbonyl (C=O) groups excluding carboxylic acids is 2. The van der Waals surface area contributed by atoms with Gasteiger partial charge in [0.25, 0.3) is 0 Å². The molecule has 0 bridgehead atoms. The van der Waals surface area contributed by atoms with E-state index in [9.17, 15) is 35.1 Å². The van der Waals surface area contributed by atoms with Gasteiger partial charge in [-0.15, -0.1) is 0 Å². The largest absolute Gasteiger partial charge is 0.466 e. The highest BCUT2D eigenvalue weighted by Crippen LogP contribution is 2.23. The smallest absolute Gasteiger partial charge is 0.305 e. The van der Waals surface area contributed by atoms with Crippen LogP contribution in [0.25, 0.3) is 0 Å². The molecule has 0 aromatic carbocycles. The van der Waals surface area contributed by atoms with Crippen LogP contribution in [0.1, 0.15) is 226 Å². The summed E-state index contributed by atoms with van der Waals surface area (Å²) in [4.78, 5) is 25.0. The number of esters is 1. The Morgan fingerprint density at radius 2 is 1.02 bits per heavy atom. The average Bonchev–Trinajstić information content (AvgIpc) is 3.29. The summed E-state index contributed by atoms with van der Waals surface area (Å²) < 4.78 is 16.6. The molecule has 1 heterocycles. The monoisotopic (exact) mass is 908 g/mol. The van der Waals surface area contributed by atoms with E-state index >= 15 is 0 Å². The van der Waals surface area contributed by atoms with Crippen LogP contribution in [0.5, 0.6) is 0 Å². The number of allylic oxidation sites excluding steroid dienone is 5. The fourth-order valence-corrected chi connectivity index (χ4v) is 7.97. The summed E-state index contributed by atoms with van der Waals surface area (Å²) in [6.07, 6.45) is 41.0. The molecule has 7 atom stereocenters. The van der Waals surface area contributed by atoms with E-state index in [2.05, 4.69) is 43.5 Å². The van der Waals surface area contributed by atoms with Gasteiger partial charge in [-0.25, -0.2) is 0 Å². The Balaban J connectivity index is 2.14. The van der Waals surface area contributed by atoms with Crippen molar-refractivity contribution in [3.63, 3.8) is 0 Å². The summed E-state index contributed by atoms with van der Waals surface area (Å²) in [5.41, 5.74) is 0. The normalized spacial score (nSPS) is 20.1. The second-order valence-corrected chi connectivity index (χ2v) is 18.2. The molecule has 1 fully saturated rings. The fraction of sp³-hybridized carbons (Fsp3) is 0.849. The first-order chi connectivity index (χ1) is 31.2. The quantitative estimate of drug-likeness (QED) is 0.0196. The maximum Gasteiger partial charge on any atom is 0.305 e. The summed E-state index contributed by atoms with van der Waals surface area (Å²) in [7, 11) is 0. The number of hydrogen-bond acceptors (Lipinski definition) is 10. The molecule has 0 aliphatic carbocycles. The van der Waals surface area contributed by atoms with Gasteiger partial charge in [-0.3, -0.25) is 9.59 Å². The van der Waals surface area contributed by atoms with Crippen LogP contribution >= 0.6 is 0 Å². The Morgan fingerprint density at radius 1 is 0.562 bits per heavy atom. The van der Waals surface area contributed by atoms with E-state index in [-0.39, 0.29) is 18.5 Å². The molecule has 374 valence electrons. The minimum atomic E-state index is -1.59. The van der Waals surface area contributed by atoms with Crippen LogP contribution < -0.4 is 5.32 Å². The lowest BCUT2D eigenvalue weighted by molar-refractivity contribution is -0.302. The van der Waals surface area contributed by atoms with Gasteiger partial charge < -0.3 is 45.1 Å². The van der Waals surface area contributed by atoms with Crippen LogP contribution in [0, 0.1) is 0 Å². The van der Waals surface area contributed by atoms with Gasteiger partial charge >= 0.3 is 5.97 Å². The molecule has 64 heavy (non-hydrogen) atoms. The Bertz CT molecular complexity index is 1160. The van der Waals surface area contributed by atoms with E-state index in [1.165, 1.54) is 109 Å². The molecule has 11 heteroatoms. The zero-order valence-corrected chi connectivity index (χ0v) is 40.7. The number of carbonyl (C=O) groups is 2. The topological polar surface area (TPSA) is 175 Å². The van der Waals surface area contributed by atoms with Gasteiger partial charge in [0.05, 0.1) is 32.0 Å². The van der Waals surface area contributed by atoms with Crippen molar-refractivity contribution in [2.24, 2.45) is 0 Å². The molecule has 1 aliphatic rings. The number of amides is 1. The van der Waals surface area contributed by atoms with E-state index in [1.54, 1.807) is 6.08 Å². The molecular formula is C53H97NO10. The van der Waals surface area contributed by atoms with Crippen molar-refractivity contribution < 1.29 is 49.3 Å². The van der Waals surface area contributed by atoms with Crippen molar-refractivity contribution in [3.05, 3.63) is 36.5 Å². The summed E-state index contributed by atoms with van der Waals surface area (Å²) in [5, 5.41) is 54.0. The highest BCUT2D eigenvalue weighted by Gasteiger charge is 2.44. The number of hydrogen-bond donors (Lipinski definition) is 6. The molecule has 11 nitrogen and oxygen atoms in total. The van der Waals surface area contributed by atoms with E-state index in [0.29, 0.717) is 25.9 Å². The third kappa shape index (κ3) is 33.4. The van der Waals surface area contributed by atoms with E-state index < -0.39 is 49.5 Å². The molecule has 1 saturated heterocycles. The fourth-order valence-electron chi connectivity index (χ4n) is 7.97. The molecule has 1 aliphatic heterocycles. The van der Waals surface area contributed by atoms with Crippen molar-refractivity contribution in [2.75, 3.05) is 19.8 Å². The van der Waals surface area contributed by atoms with Crippen LogP contribution in [0.2, 0.25) is 0 Å². The van der Waals surface area contributed by atoms with Gasteiger partial charge in [-0.05, 0) is 70.6 Å². The maximum absolute atomic E-state index is 12.9. The lowest BCUT2D eigenvalue weighted by atomic mass is 9.99. The molecular weight excluding hydrogens is 811 g/mol. The second kappa shape index (κ2) is 43.5. The molecule has 0 saturated carbocycles. The lowest BCUT2D eigenvalue weighted by Gasteiger charge is -2.40. The highest BCUT2D eigenvalue weighted by molar-refractivity contribution is 5.76. The molecule has 0 spiro atoms. The van der Waals surface area contributed by atoms with Gasteiger partial charge in [-0.1, -0.05) is 179 Å². The van der Waals surface area contributed by atoms with Gasteiger partial charge in [0.1, 0.15) is 24.4 Å². The summed E-state index contributed by atoms with van der Waals surface area (Å²) in [5.74, 6) is -0.280. The predicted molar refractivity (Wildman–Crippen MR) is 260 cm³/mol. The van der Waals surface area contributed by atoms with Crippen LogP contribution in [-0.2, 0) is 23.8 Å². The van der Waals surface area contributed by atoms with Crippen LogP contribution in [0.4, 0.5) is 0 Å². The van der Waals surface area contributed by atoms with Crippen molar-refractivity contribution in [1.82, 2.24) is 5.32 Å². The lowest BCUT2D eigenvalue weighted by Crippen LogP contribution is -2.60. The van der Waals surface area contributed by atoms with Crippen LogP contribution in [0.15, 0.2) is 36.5 Å². The van der Waals surface area contributed by atoms with E-state index in [0.717, 1.165) is 83.5 Å². The summed E-state index contributed by atoms with van der Waals surface area (Å²) in [6, 6.07) is -0.846. The SMILES string of the molecule is CCCCC/C=C/CC/C=C/C(O)C(COC1OC(CO)C(O)C(O)C1O)NC(=O)CCCCCCC/C=C\CCCCOC(=O)CCCCCCCCCCCCCCCCCC. The number of rotatable bonds is 44. The van der Waals surface area contributed by atoms with Gasteiger partial charge in [0.2, 0.25) is 5.91 Å². The molecule has 7 unspecified atom stereocenters. The first-order valence-corrected chi connectivity index (χ1v) is 26.3. The zero-order valence-electron chi connectivity index (χ0n) is 40.7. The first kappa shape index (κ1) is 59.9. The van der Waals surface area contributed by atoms with Gasteiger partial charge in [-0.2, -0.15) is 0 Å². The summed E-state index contributed by atoms with van der Waals surface area (Å²) >= 11 is 0. The van der Waals surface area contributed by atoms with Gasteiger partial charge in [0, 0.05) is 12.8 Å². The Labute approximate surface area is 390 Å². The molecule has 6 N–H and O–H groups in total. The Kier molecular flexibility index (Phi) is 40.7. The molecule has 0 radical (unpaired) electrons. The van der Waals surface area contributed by atoms with Crippen molar-refractivity contribution in [3.8, 4) is 0 Å². The summed E-state index contributed by atoms with van der Waals surface area (Å²) in [6.45, 7) is 4.16. The first-order valence-electron chi connectivity index (χ1n) is 26.3. The molecule has 0 aromatic rings. The standard InChI is InChI=1S/C53H97NO10/c1-3-5-7-9-11-13-14-15-16-17-18-21-25-29-33-37-41-49(58)62-42-38-34-30-26-22-19-20-24-28-32-36-40-48(57)54-45(46(56)39-35-31-27-23-12-10-8-6-4-2)44-63-53-52(61)51(60)50(59)47(43-55)64-53/h12,22-23,26,35,39,45-47,50-53,55-56,59-61H,3-11,13-21,24-25,27-34,36-38,40-44H2,1-2H3,(H,54,57)/b23-12+,26-22-,39-35+. The minimum absolute atomic E-state index is 0.0560. The van der Waals surface area contributed by atoms with Crippen LogP contribution in [0.3, 0.4) is 0 Å². The molecule has 1 amide bonds. The second-order valence-electron chi connectivity index (χ2n) is 18.2. The number of ether oxygens (including phenoxy) is 3.